The van der Waals surface area contributed by atoms with Gasteiger partial charge in [0.1, 0.15) is 5.82 Å². The van der Waals surface area contributed by atoms with Gasteiger partial charge in [-0.25, -0.2) is 9.37 Å². The SMILES string of the molecule is CNc1c(C)c(-c2ccccc2)nc2cc(F)cc(C)c12. The zero-order valence-electron chi connectivity index (χ0n) is 12.4. The first-order chi connectivity index (χ1) is 10.1. The normalized spacial score (nSPS) is 10.9. The van der Waals surface area contributed by atoms with Gasteiger partial charge < -0.3 is 5.32 Å². The van der Waals surface area contributed by atoms with Crippen molar-refractivity contribution < 1.29 is 4.39 Å². The number of hydrogen-bond donors (Lipinski definition) is 1. The largest absolute Gasteiger partial charge is 0.387 e. The number of aryl methyl sites for hydroxylation is 1. The Morgan fingerprint density at radius 3 is 2.43 bits per heavy atom. The van der Waals surface area contributed by atoms with Gasteiger partial charge >= 0.3 is 0 Å². The standard InChI is InChI=1S/C18H17FN2/c1-11-9-14(19)10-15-16(11)18(20-3)12(2)17(21-15)13-7-5-4-6-8-13/h4-10H,1-3H3,(H,20,21). The lowest BCUT2D eigenvalue weighted by Gasteiger charge is -2.16. The predicted molar refractivity (Wildman–Crippen MR) is 86.2 cm³/mol. The number of nitrogens with one attached hydrogen (secondary N) is 1. The molecule has 21 heavy (non-hydrogen) atoms. The van der Waals surface area contributed by atoms with Gasteiger partial charge in [-0.2, -0.15) is 0 Å². The second-order valence-electron chi connectivity index (χ2n) is 5.19. The van der Waals surface area contributed by atoms with Crippen LogP contribution in [-0.4, -0.2) is 12.0 Å². The maximum atomic E-state index is 13.7. The van der Waals surface area contributed by atoms with Gasteiger partial charge in [-0.3, -0.25) is 0 Å². The first kappa shape index (κ1) is 13.6. The Kier molecular flexibility index (Phi) is 3.34. The first-order valence-corrected chi connectivity index (χ1v) is 6.95. The van der Waals surface area contributed by atoms with E-state index in [1.54, 1.807) is 6.07 Å². The molecule has 0 atom stereocenters. The van der Waals surface area contributed by atoms with E-state index in [4.69, 9.17) is 4.98 Å². The van der Waals surface area contributed by atoms with E-state index in [0.29, 0.717) is 5.52 Å². The van der Waals surface area contributed by atoms with Gasteiger partial charge in [0, 0.05) is 29.8 Å². The lowest BCUT2D eigenvalue weighted by Crippen LogP contribution is -2.00. The zero-order valence-corrected chi connectivity index (χ0v) is 12.4. The average Bonchev–Trinajstić information content (AvgIpc) is 2.48. The molecule has 3 aromatic rings. The van der Waals surface area contributed by atoms with E-state index < -0.39 is 0 Å². The number of hydrogen-bond acceptors (Lipinski definition) is 2. The quantitative estimate of drug-likeness (QED) is 0.736. The molecule has 2 nitrogen and oxygen atoms in total. The summed E-state index contributed by atoms with van der Waals surface area (Å²) < 4.78 is 13.7. The van der Waals surface area contributed by atoms with Crippen molar-refractivity contribution in [3.63, 3.8) is 0 Å². The van der Waals surface area contributed by atoms with E-state index in [0.717, 1.165) is 33.5 Å². The summed E-state index contributed by atoms with van der Waals surface area (Å²) in [5.74, 6) is -0.252. The molecule has 0 bridgehead atoms. The highest BCUT2D eigenvalue weighted by Crippen LogP contribution is 2.35. The molecule has 2 aromatic carbocycles. The molecule has 0 radical (unpaired) electrons. The van der Waals surface area contributed by atoms with Crippen LogP contribution >= 0.6 is 0 Å². The number of nitrogens with zero attached hydrogens (tertiary/aromatic N) is 1. The summed E-state index contributed by atoms with van der Waals surface area (Å²) >= 11 is 0. The lowest BCUT2D eigenvalue weighted by molar-refractivity contribution is 0.628. The number of halogens is 1. The Morgan fingerprint density at radius 2 is 1.76 bits per heavy atom. The van der Waals surface area contributed by atoms with Gasteiger partial charge in [0.05, 0.1) is 11.2 Å². The number of fused-ring (bicyclic) bond motifs is 1. The third-order valence-corrected chi connectivity index (χ3v) is 3.79. The van der Waals surface area contributed by atoms with Gasteiger partial charge in [0.2, 0.25) is 0 Å². The Labute approximate surface area is 123 Å². The van der Waals surface area contributed by atoms with Crippen molar-refractivity contribution in [2.45, 2.75) is 13.8 Å². The second-order valence-corrected chi connectivity index (χ2v) is 5.19. The number of rotatable bonds is 2. The molecular formula is C18H17FN2. The molecule has 0 aliphatic carbocycles. The van der Waals surface area contributed by atoms with Crippen LogP contribution in [0.3, 0.4) is 0 Å². The summed E-state index contributed by atoms with van der Waals surface area (Å²) in [6.45, 7) is 3.96. The van der Waals surface area contributed by atoms with Crippen LogP contribution in [0.25, 0.3) is 22.2 Å². The molecule has 1 heterocycles. The van der Waals surface area contributed by atoms with E-state index >= 15 is 0 Å². The van der Waals surface area contributed by atoms with Gasteiger partial charge in [-0.15, -0.1) is 0 Å². The molecule has 0 aliphatic heterocycles. The van der Waals surface area contributed by atoms with Crippen LogP contribution in [-0.2, 0) is 0 Å². The van der Waals surface area contributed by atoms with Crippen molar-refractivity contribution in [3.05, 3.63) is 59.4 Å². The molecule has 0 aliphatic rings. The molecule has 1 N–H and O–H groups in total. The minimum atomic E-state index is -0.252. The van der Waals surface area contributed by atoms with E-state index in [9.17, 15) is 4.39 Å². The number of aromatic nitrogens is 1. The summed E-state index contributed by atoms with van der Waals surface area (Å²) in [6, 6.07) is 13.0. The van der Waals surface area contributed by atoms with E-state index in [-0.39, 0.29) is 5.82 Å². The Bertz CT molecular complexity index is 811. The van der Waals surface area contributed by atoms with Crippen LogP contribution in [0.5, 0.6) is 0 Å². The summed E-state index contributed by atoms with van der Waals surface area (Å²) in [4.78, 5) is 4.70. The highest BCUT2D eigenvalue weighted by atomic mass is 19.1. The lowest BCUT2D eigenvalue weighted by atomic mass is 9.99. The molecule has 1 aromatic heterocycles. The maximum absolute atomic E-state index is 13.7. The molecular weight excluding hydrogens is 263 g/mol. The summed E-state index contributed by atoms with van der Waals surface area (Å²) in [5.41, 5.74) is 5.58. The van der Waals surface area contributed by atoms with Gasteiger partial charge in [0.15, 0.2) is 0 Å². The van der Waals surface area contributed by atoms with Crippen LogP contribution in [0.15, 0.2) is 42.5 Å². The molecule has 0 amide bonds. The zero-order chi connectivity index (χ0) is 15.0. The molecule has 3 rings (SSSR count). The monoisotopic (exact) mass is 280 g/mol. The third kappa shape index (κ3) is 2.25. The minimum absolute atomic E-state index is 0.252. The average molecular weight is 280 g/mol. The van der Waals surface area contributed by atoms with Crippen molar-refractivity contribution >= 4 is 16.6 Å². The predicted octanol–water partition coefficient (Wildman–Crippen LogP) is 4.70. The Morgan fingerprint density at radius 1 is 1.05 bits per heavy atom. The van der Waals surface area contributed by atoms with Crippen LogP contribution in [0.4, 0.5) is 10.1 Å². The fraction of sp³-hybridized carbons (Fsp3) is 0.167. The van der Waals surface area contributed by atoms with Crippen molar-refractivity contribution in [3.8, 4) is 11.3 Å². The Balaban J connectivity index is 2.41. The van der Waals surface area contributed by atoms with E-state index in [2.05, 4.69) is 5.32 Å². The van der Waals surface area contributed by atoms with Crippen LogP contribution in [0.1, 0.15) is 11.1 Å². The molecule has 0 spiro atoms. The van der Waals surface area contributed by atoms with Crippen LogP contribution < -0.4 is 5.32 Å². The van der Waals surface area contributed by atoms with Gasteiger partial charge in [-0.05, 0) is 31.0 Å². The third-order valence-electron chi connectivity index (χ3n) is 3.79. The van der Waals surface area contributed by atoms with Crippen molar-refractivity contribution in [2.24, 2.45) is 0 Å². The molecule has 0 saturated carbocycles. The van der Waals surface area contributed by atoms with E-state index in [1.165, 1.54) is 6.07 Å². The maximum Gasteiger partial charge on any atom is 0.125 e. The molecule has 106 valence electrons. The number of benzene rings is 2. The number of anilines is 1. The highest BCUT2D eigenvalue weighted by Gasteiger charge is 2.14. The highest BCUT2D eigenvalue weighted by molar-refractivity contribution is 5.98. The Hall–Kier alpha value is -2.42. The molecule has 0 saturated heterocycles. The topological polar surface area (TPSA) is 24.9 Å². The molecule has 0 unspecified atom stereocenters. The van der Waals surface area contributed by atoms with Crippen molar-refractivity contribution in [2.75, 3.05) is 12.4 Å². The number of pyridine rings is 1. The minimum Gasteiger partial charge on any atom is -0.387 e. The summed E-state index contributed by atoms with van der Waals surface area (Å²) in [7, 11) is 1.89. The smallest absolute Gasteiger partial charge is 0.125 e. The van der Waals surface area contributed by atoms with Gasteiger partial charge in [-0.1, -0.05) is 30.3 Å². The first-order valence-electron chi connectivity index (χ1n) is 6.95. The second kappa shape index (κ2) is 5.17. The summed E-state index contributed by atoms with van der Waals surface area (Å²) in [5, 5.41) is 4.23. The molecule has 0 fully saturated rings. The van der Waals surface area contributed by atoms with Gasteiger partial charge in [0.25, 0.3) is 0 Å². The fourth-order valence-electron chi connectivity index (χ4n) is 2.84. The van der Waals surface area contributed by atoms with Crippen LogP contribution in [0, 0.1) is 19.7 Å². The summed E-state index contributed by atoms with van der Waals surface area (Å²) in [6.07, 6.45) is 0. The van der Waals surface area contributed by atoms with E-state index in [1.807, 2.05) is 51.2 Å². The molecule has 3 heteroatoms. The fourth-order valence-corrected chi connectivity index (χ4v) is 2.84. The van der Waals surface area contributed by atoms with Crippen molar-refractivity contribution in [1.82, 2.24) is 4.98 Å². The van der Waals surface area contributed by atoms with Crippen LogP contribution in [0.2, 0.25) is 0 Å². The van der Waals surface area contributed by atoms with Crippen molar-refractivity contribution in [1.29, 1.82) is 0 Å².